The van der Waals surface area contributed by atoms with Crippen molar-refractivity contribution in [2.75, 3.05) is 16.4 Å². The summed E-state index contributed by atoms with van der Waals surface area (Å²) < 4.78 is 25.2. The zero-order valence-electron chi connectivity index (χ0n) is 13.8. The van der Waals surface area contributed by atoms with Crippen LogP contribution in [0.1, 0.15) is 12.5 Å². The molecule has 0 aliphatic heterocycles. The van der Waals surface area contributed by atoms with Gasteiger partial charge in [-0.3, -0.25) is 9.59 Å². The van der Waals surface area contributed by atoms with E-state index in [2.05, 4.69) is 26.6 Å². The molecule has 0 unspecified atom stereocenters. The molecule has 0 saturated carbocycles. The maximum Gasteiger partial charge on any atom is 0.239 e. The van der Waals surface area contributed by atoms with Crippen LogP contribution in [0.2, 0.25) is 5.02 Å². The summed E-state index contributed by atoms with van der Waals surface area (Å²) in [5, 5.41) is 5.26. The number of hydrogen-bond acceptors (Lipinski definition) is 4. The van der Waals surface area contributed by atoms with E-state index < -0.39 is 21.5 Å². The number of halogens is 2. The number of benzene rings is 2. The number of anilines is 2. The molecule has 6 nitrogen and oxygen atoms in total. The highest BCUT2D eigenvalue weighted by Crippen LogP contribution is 2.25. The van der Waals surface area contributed by atoms with Crippen LogP contribution < -0.4 is 10.6 Å². The predicted molar refractivity (Wildman–Crippen MR) is 106 cm³/mol. The summed E-state index contributed by atoms with van der Waals surface area (Å²) in [5.41, 5.74) is 1.24. The quantitative estimate of drug-likeness (QED) is 0.690. The lowest BCUT2D eigenvalue weighted by atomic mass is 10.2. The monoisotopic (exact) mass is 458 g/mol. The van der Waals surface area contributed by atoms with Crippen LogP contribution in [-0.4, -0.2) is 26.0 Å². The first-order chi connectivity index (χ1) is 12.1. The smallest absolute Gasteiger partial charge is 0.239 e. The molecule has 2 rings (SSSR count). The van der Waals surface area contributed by atoms with E-state index in [-0.39, 0.29) is 22.4 Å². The molecule has 0 spiro atoms. The zero-order chi connectivity index (χ0) is 19.3. The maximum atomic E-state index is 12.2. The summed E-state index contributed by atoms with van der Waals surface area (Å²) in [6.45, 7) is 1.35. The molecule has 138 valence electrons. The Labute approximate surface area is 165 Å². The van der Waals surface area contributed by atoms with Gasteiger partial charge in [0.05, 0.1) is 16.5 Å². The third-order valence-corrected chi connectivity index (χ3v) is 5.49. The molecule has 0 aromatic heterocycles. The van der Waals surface area contributed by atoms with Crippen molar-refractivity contribution in [1.29, 1.82) is 0 Å². The molecule has 2 aromatic carbocycles. The lowest BCUT2D eigenvalue weighted by molar-refractivity contribution is -0.114. The van der Waals surface area contributed by atoms with Gasteiger partial charge in [0.2, 0.25) is 11.8 Å². The Bertz CT molecular complexity index is 948. The second kappa shape index (κ2) is 8.66. The lowest BCUT2D eigenvalue weighted by Crippen LogP contribution is -2.24. The minimum absolute atomic E-state index is 0.223. The molecule has 0 saturated heterocycles. The van der Waals surface area contributed by atoms with E-state index in [0.717, 1.165) is 4.47 Å². The number of sulfone groups is 1. The first-order valence-corrected chi connectivity index (χ1v) is 10.5. The number of amides is 2. The first kappa shape index (κ1) is 20.4. The van der Waals surface area contributed by atoms with Gasteiger partial charge in [0.25, 0.3) is 0 Å². The minimum atomic E-state index is -3.66. The molecule has 26 heavy (non-hydrogen) atoms. The Kier molecular flexibility index (Phi) is 6.80. The van der Waals surface area contributed by atoms with Crippen molar-refractivity contribution < 1.29 is 18.0 Å². The van der Waals surface area contributed by atoms with Crippen LogP contribution in [0.15, 0.2) is 46.9 Å². The van der Waals surface area contributed by atoms with Gasteiger partial charge in [0, 0.05) is 17.1 Å². The van der Waals surface area contributed by atoms with Crippen LogP contribution in [-0.2, 0) is 25.2 Å². The van der Waals surface area contributed by atoms with Crippen LogP contribution in [0.5, 0.6) is 0 Å². The fourth-order valence-corrected chi connectivity index (χ4v) is 4.09. The number of rotatable bonds is 6. The van der Waals surface area contributed by atoms with Gasteiger partial charge in [-0.15, -0.1) is 0 Å². The van der Waals surface area contributed by atoms with Crippen molar-refractivity contribution >= 4 is 60.6 Å². The molecule has 0 aliphatic rings. The van der Waals surface area contributed by atoms with Gasteiger partial charge in [-0.2, -0.15) is 0 Å². The van der Waals surface area contributed by atoms with Crippen LogP contribution in [0.3, 0.4) is 0 Å². The molecule has 2 amide bonds. The van der Waals surface area contributed by atoms with Crippen LogP contribution in [0.4, 0.5) is 11.4 Å². The summed E-state index contributed by atoms with van der Waals surface area (Å²) in [6.07, 6.45) is 0. The van der Waals surface area contributed by atoms with Crippen molar-refractivity contribution in [3.63, 3.8) is 0 Å². The second-order valence-electron chi connectivity index (χ2n) is 5.59. The van der Waals surface area contributed by atoms with Crippen LogP contribution in [0, 0.1) is 0 Å². The van der Waals surface area contributed by atoms with Crippen LogP contribution >= 0.6 is 27.5 Å². The van der Waals surface area contributed by atoms with Gasteiger partial charge in [-0.05, 0) is 35.9 Å². The zero-order valence-corrected chi connectivity index (χ0v) is 16.9. The van der Waals surface area contributed by atoms with E-state index in [9.17, 15) is 18.0 Å². The fraction of sp³-hybridized carbons (Fsp3) is 0.176. The van der Waals surface area contributed by atoms with Gasteiger partial charge in [-0.1, -0.05) is 39.7 Å². The fourth-order valence-electron chi connectivity index (χ4n) is 2.22. The second-order valence-corrected chi connectivity index (χ2v) is 8.97. The molecule has 0 radical (unpaired) electrons. The molecular weight excluding hydrogens is 444 g/mol. The molecule has 0 heterocycles. The average molecular weight is 460 g/mol. The third kappa shape index (κ3) is 6.44. The predicted octanol–water partition coefficient (Wildman–Crippen LogP) is 3.61. The molecule has 2 N–H and O–H groups in total. The summed E-state index contributed by atoms with van der Waals surface area (Å²) in [4.78, 5) is 23.2. The van der Waals surface area contributed by atoms with Crippen LogP contribution in [0.25, 0.3) is 0 Å². The van der Waals surface area contributed by atoms with E-state index in [0.29, 0.717) is 11.3 Å². The standard InChI is InChI=1S/C17H16BrClN2O4S/c1-11(22)20-14-5-6-15(19)16(8-14)21-17(23)10-26(24,25)9-12-3-2-4-13(18)7-12/h2-8H,9-10H2,1H3,(H,20,22)(H,21,23). The van der Waals surface area contributed by atoms with E-state index in [1.165, 1.54) is 19.1 Å². The van der Waals surface area contributed by atoms with Crippen molar-refractivity contribution in [3.8, 4) is 0 Å². The maximum absolute atomic E-state index is 12.2. The number of nitrogens with one attached hydrogen (secondary N) is 2. The van der Waals surface area contributed by atoms with E-state index in [4.69, 9.17) is 11.6 Å². The van der Waals surface area contributed by atoms with Crippen molar-refractivity contribution in [2.24, 2.45) is 0 Å². The SMILES string of the molecule is CC(=O)Nc1ccc(Cl)c(NC(=O)CS(=O)(=O)Cc2cccc(Br)c2)c1. The van der Waals surface area contributed by atoms with E-state index >= 15 is 0 Å². The molecule has 2 aromatic rings. The summed E-state index contributed by atoms with van der Waals surface area (Å²) in [5.74, 6) is -1.91. The molecule has 0 atom stereocenters. The highest BCUT2D eigenvalue weighted by Gasteiger charge is 2.18. The minimum Gasteiger partial charge on any atom is -0.326 e. The molecule has 9 heteroatoms. The van der Waals surface area contributed by atoms with Gasteiger partial charge >= 0.3 is 0 Å². The Morgan fingerprint density at radius 1 is 1.12 bits per heavy atom. The largest absolute Gasteiger partial charge is 0.326 e. The third-order valence-electron chi connectivity index (χ3n) is 3.19. The van der Waals surface area contributed by atoms with Gasteiger partial charge in [0.15, 0.2) is 9.84 Å². The summed E-state index contributed by atoms with van der Waals surface area (Å²) >= 11 is 9.29. The van der Waals surface area contributed by atoms with Crippen molar-refractivity contribution in [3.05, 3.63) is 57.5 Å². The van der Waals surface area contributed by atoms with Gasteiger partial charge < -0.3 is 10.6 Å². The Balaban J connectivity index is 2.06. The van der Waals surface area contributed by atoms with Crippen molar-refractivity contribution in [1.82, 2.24) is 0 Å². The highest BCUT2D eigenvalue weighted by molar-refractivity contribution is 9.10. The van der Waals surface area contributed by atoms with E-state index in [1.54, 1.807) is 30.3 Å². The van der Waals surface area contributed by atoms with Gasteiger partial charge in [0.1, 0.15) is 5.75 Å². The Morgan fingerprint density at radius 2 is 1.85 bits per heavy atom. The Hall–Kier alpha value is -1.90. The number of carbonyl (C=O) groups excluding carboxylic acids is 2. The summed E-state index contributed by atoms with van der Waals surface area (Å²) in [6, 6.07) is 11.4. The van der Waals surface area contributed by atoms with E-state index in [1.807, 2.05) is 0 Å². The first-order valence-electron chi connectivity index (χ1n) is 7.46. The topological polar surface area (TPSA) is 92.3 Å². The van der Waals surface area contributed by atoms with Gasteiger partial charge in [-0.25, -0.2) is 8.42 Å². The normalized spacial score (nSPS) is 11.0. The highest BCUT2D eigenvalue weighted by atomic mass is 79.9. The lowest BCUT2D eigenvalue weighted by Gasteiger charge is -2.10. The molecule has 0 fully saturated rings. The molecular formula is C17H16BrClN2O4S. The number of hydrogen-bond donors (Lipinski definition) is 2. The Morgan fingerprint density at radius 3 is 2.50 bits per heavy atom. The molecule has 0 bridgehead atoms. The van der Waals surface area contributed by atoms with Crippen molar-refractivity contribution in [2.45, 2.75) is 12.7 Å². The average Bonchev–Trinajstić information content (AvgIpc) is 2.49. The number of carbonyl (C=O) groups is 2. The summed E-state index contributed by atoms with van der Waals surface area (Å²) in [7, 11) is -3.66. The molecule has 0 aliphatic carbocycles.